The molecule has 1 amide bonds. The van der Waals surface area contributed by atoms with E-state index in [0.29, 0.717) is 17.0 Å². The van der Waals surface area contributed by atoms with Crippen LogP contribution in [0.2, 0.25) is 0 Å². The van der Waals surface area contributed by atoms with E-state index in [-0.39, 0.29) is 5.91 Å². The van der Waals surface area contributed by atoms with Gasteiger partial charge in [-0.3, -0.25) is 9.78 Å². The van der Waals surface area contributed by atoms with Crippen molar-refractivity contribution in [3.05, 3.63) is 48.3 Å². The molecule has 0 aliphatic carbocycles. The number of pyridine rings is 1. The zero-order valence-corrected chi connectivity index (χ0v) is 10.8. The number of methoxy groups -OCH3 is 1. The third-order valence-corrected chi connectivity index (χ3v) is 2.81. The first-order valence-corrected chi connectivity index (χ1v) is 5.75. The molecule has 5 heteroatoms. The largest absolute Gasteiger partial charge is 0.495 e. The van der Waals surface area contributed by atoms with E-state index in [1.807, 2.05) is 6.07 Å². The summed E-state index contributed by atoms with van der Waals surface area (Å²) in [6, 6.07) is 8.57. The van der Waals surface area contributed by atoms with Crippen LogP contribution in [-0.4, -0.2) is 25.0 Å². The number of nitrogen functional groups attached to an aromatic ring is 1. The average molecular weight is 257 g/mol. The Labute approximate surface area is 111 Å². The number of hydrogen-bond donors (Lipinski definition) is 1. The van der Waals surface area contributed by atoms with E-state index in [1.165, 1.54) is 12.0 Å². The summed E-state index contributed by atoms with van der Waals surface area (Å²) >= 11 is 0. The lowest BCUT2D eigenvalue weighted by Gasteiger charge is -2.17. The Hall–Kier alpha value is -2.56. The molecule has 2 rings (SSSR count). The average Bonchev–Trinajstić information content (AvgIpc) is 2.46. The Balaban J connectivity index is 2.27. The molecule has 98 valence electrons. The summed E-state index contributed by atoms with van der Waals surface area (Å²) in [5, 5.41) is 0. The third kappa shape index (κ3) is 2.65. The van der Waals surface area contributed by atoms with Crippen LogP contribution in [0, 0.1) is 0 Å². The summed E-state index contributed by atoms with van der Waals surface area (Å²) in [7, 11) is 3.23. The normalized spacial score (nSPS) is 10.0. The monoisotopic (exact) mass is 257 g/mol. The van der Waals surface area contributed by atoms with Crippen molar-refractivity contribution in [2.24, 2.45) is 0 Å². The SMILES string of the molecule is COc1ccc(C(=O)N(C)c2cccnc2)cc1N. The van der Waals surface area contributed by atoms with E-state index in [1.54, 1.807) is 43.7 Å². The number of carbonyl (C=O) groups excluding carboxylic acids is 1. The summed E-state index contributed by atoms with van der Waals surface area (Å²) in [6.07, 6.45) is 3.29. The van der Waals surface area contributed by atoms with Crippen LogP contribution in [0.15, 0.2) is 42.7 Å². The number of ether oxygens (including phenoxy) is 1. The van der Waals surface area contributed by atoms with Crippen LogP contribution in [0.1, 0.15) is 10.4 Å². The van der Waals surface area contributed by atoms with Crippen LogP contribution in [-0.2, 0) is 0 Å². The minimum absolute atomic E-state index is 0.151. The highest BCUT2D eigenvalue weighted by atomic mass is 16.5. The number of carbonyl (C=O) groups is 1. The number of benzene rings is 1. The molecule has 0 aliphatic heterocycles. The van der Waals surface area contributed by atoms with E-state index >= 15 is 0 Å². The predicted octanol–water partition coefficient (Wildman–Crippen LogP) is 1.95. The number of amides is 1. The lowest BCUT2D eigenvalue weighted by Crippen LogP contribution is -2.26. The van der Waals surface area contributed by atoms with Gasteiger partial charge in [-0.05, 0) is 30.3 Å². The number of aromatic nitrogens is 1. The Morgan fingerprint density at radius 2 is 2.16 bits per heavy atom. The van der Waals surface area contributed by atoms with Crippen LogP contribution >= 0.6 is 0 Å². The van der Waals surface area contributed by atoms with Gasteiger partial charge >= 0.3 is 0 Å². The Morgan fingerprint density at radius 1 is 1.37 bits per heavy atom. The molecule has 1 aromatic carbocycles. The molecular formula is C14H15N3O2. The standard InChI is InChI=1S/C14H15N3O2/c1-17(11-4-3-7-16-9-11)14(18)10-5-6-13(19-2)12(15)8-10/h3-9H,15H2,1-2H3. The van der Waals surface area contributed by atoms with Crippen molar-refractivity contribution in [2.45, 2.75) is 0 Å². The lowest BCUT2D eigenvalue weighted by molar-refractivity contribution is 0.0993. The molecule has 0 aliphatic rings. The molecule has 0 bridgehead atoms. The number of hydrogen-bond acceptors (Lipinski definition) is 4. The van der Waals surface area contributed by atoms with E-state index in [0.717, 1.165) is 5.69 Å². The van der Waals surface area contributed by atoms with Gasteiger partial charge in [0.25, 0.3) is 5.91 Å². The first-order valence-electron chi connectivity index (χ1n) is 5.75. The van der Waals surface area contributed by atoms with Crippen molar-refractivity contribution in [1.29, 1.82) is 0 Å². The second kappa shape index (κ2) is 5.39. The van der Waals surface area contributed by atoms with Crippen LogP contribution < -0.4 is 15.4 Å². The maximum atomic E-state index is 12.3. The summed E-state index contributed by atoms with van der Waals surface area (Å²) in [6.45, 7) is 0. The second-order valence-electron chi connectivity index (χ2n) is 4.03. The van der Waals surface area contributed by atoms with Gasteiger partial charge in [0.05, 0.1) is 24.7 Å². The Morgan fingerprint density at radius 3 is 2.74 bits per heavy atom. The van der Waals surface area contributed by atoms with Crippen LogP contribution in [0.3, 0.4) is 0 Å². The van der Waals surface area contributed by atoms with Crippen molar-refractivity contribution in [3.63, 3.8) is 0 Å². The highest BCUT2D eigenvalue weighted by molar-refractivity contribution is 6.06. The molecular weight excluding hydrogens is 242 g/mol. The fourth-order valence-electron chi connectivity index (χ4n) is 1.73. The van der Waals surface area contributed by atoms with Gasteiger partial charge in [-0.15, -0.1) is 0 Å². The van der Waals surface area contributed by atoms with Crippen LogP contribution in [0.4, 0.5) is 11.4 Å². The van der Waals surface area contributed by atoms with Crippen molar-refractivity contribution >= 4 is 17.3 Å². The fourth-order valence-corrected chi connectivity index (χ4v) is 1.73. The topological polar surface area (TPSA) is 68.5 Å². The maximum absolute atomic E-state index is 12.3. The van der Waals surface area contributed by atoms with Gasteiger partial charge in [-0.2, -0.15) is 0 Å². The third-order valence-electron chi connectivity index (χ3n) is 2.81. The van der Waals surface area contributed by atoms with E-state index < -0.39 is 0 Å². The van der Waals surface area contributed by atoms with Crippen molar-refractivity contribution in [2.75, 3.05) is 24.8 Å². The second-order valence-corrected chi connectivity index (χ2v) is 4.03. The van der Waals surface area contributed by atoms with Gasteiger partial charge in [-0.1, -0.05) is 0 Å². The molecule has 0 saturated carbocycles. The van der Waals surface area contributed by atoms with Gasteiger partial charge < -0.3 is 15.4 Å². The zero-order chi connectivity index (χ0) is 13.8. The molecule has 0 atom stereocenters. The van der Waals surface area contributed by atoms with Gasteiger partial charge in [0.1, 0.15) is 5.75 Å². The first-order chi connectivity index (χ1) is 9.13. The molecule has 19 heavy (non-hydrogen) atoms. The van der Waals surface area contributed by atoms with E-state index in [9.17, 15) is 4.79 Å². The van der Waals surface area contributed by atoms with Crippen molar-refractivity contribution in [3.8, 4) is 5.75 Å². The smallest absolute Gasteiger partial charge is 0.258 e. The van der Waals surface area contributed by atoms with Crippen LogP contribution in [0.5, 0.6) is 5.75 Å². The van der Waals surface area contributed by atoms with E-state index in [4.69, 9.17) is 10.5 Å². The zero-order valence-electron chi connectivity index (χ0n) is 10.8. The molecule has 1 heterocycles. The quantitative estimate of drug-likeness (QED) is 0.853. The van der Waals surface area contributed by atoms with Gasteiger partial charge in [0.2, 0.25) is 0 Å². The molecule has 0 saturated heterocycles. The molecule has 1 aromatic heterocycles. The molecule has 0 radical (unpaired) electrons. The highest BCUT2D eigenvalue weighted by Crippen LogP contribution is 2.23. The van der Waals surface area contributed by atoms with Gasteiger partial charge in [-0.25, -0.2) is 0 Å². The molecule has 2 N–H and O–H groups in total. The molecule has 0 spiro atoms. The van der Waals surface area contributed by atoms with Crippen molar-refractivity contribution in [1.82, 2.24) is 4.98 Å². The van der Waals surface area contributed by atoms with E-state index in [2.05, 4.69) is 4.98 Å². The van der Waals surface area contributed by atoms with Crippen LogP contribution in [0.25, 0.3) is 0 Å². The fraction of sp³-hybridized carbons (Fsp3) is 0.143. The minimum atomic E-state index is -0.151. The highest BCUT2D eigenvalue weighted by Gasteiger charge is 2.14. The van der Waals surface area contributed by atoms with Gasteiger partial charge in [0, 0.05) is 18.8 Å². The first kappa shape index (κ1) is 12.9. The Bertz CT molecular complexity index is 584. The number of nitrogens with two attached hydrogens (primary N) is 1. The summed E-state index contributed by atoms with van der Waals surface area (Å²) in [5.74, 6) is 0.405. The van der Waals surface area contributed by atoms with Gasteiger partial charge in [0.15, 0.2) is 0 Å². The number of rotatable bonds is 3. The Kier molecular flexibility index (Phi) is 3.66. The minimum Gasteiger partial charge on any atom is -0.495 e. The predicted molar refractivity (Wildman–Crippen MR) is 74.4 cm³/mol. The maximum Gasteiger partial charge on any atom is 0.258 e. The molecule has 0 unspecified atom stereocenters. The number of anilines is 2. The summed E-state index contributed by atoms with van der Waals surface area (Å²) in [5.41, 5.74) is 7.47. The van der Waals surface area contributed by atoms with Crippen molar-refractivity contribution < 1.29 is 9.53 Å². The summed E-state index contributed by atoms with van der Waals surface area (Å²) < 4.78 is 5.06. The molecule has 0 fully saturated rings. The molecule has 5 nitrogen and oxygen atoms in total. The molecule has 2 aromatic rings. The number of nitrogens with zero attached hydrogens (tertiary/aromatic N) is 2. The lowest BCUT2D eigenvalue weighted by atomic mass is 10.1. The summed E-state index contributed by atoms with van der Waals surface area (Å²) in [4.78, 5) is 17.8.